The quantitative estimate of drug-likeness (QED) is 0.668. The summed E-state index contributed by atoms with van der Waals surface area (Å²) in [5, 5.41) is 4.25. The minimum absolute atomic E-state index is 0.256. The van der Waals surface area contributed by atoms with Crippen LogP contribution in [0, 0.1) is 0 Å². The summed E-state index contributed by atoms with van der Waals surface area (Å²) in [6.07, 6.45) is 4.01. The van der Waals surface area contributed by atoms with Crippen molar-refractivity contribution in [3.05, 3.63) is 53.2 Å². The molecular weight excluding hydrogens is 364 g/mol. The predicted octanol–water partition coefficient (Wildman–Crippen LogP) is 5.13. The fourth-order valence-corrected chi connectivity index (χ4v) is 4.45. The van der Waals surface area contributed by atoms with Crippen LogP contribution in [0.2, 0.25) is 5.02 Å². The van der Waals surface area contributed by atoms with Crippen LogP contribution in [-0.2, 0) is 7.05 Å². The van der Waals surface area contributed by atoms with E-state index in [2.05, 4.69) is 5.32 Å². The van der Waals surface area contributed by atoms with Gasteiger partial charge in [0.2, 0.25) is 0 Å². The highest BCUT2D eigenvalue weighted by Gasteiger charge is 2.44. The van der Waals surface area contributed by atoms with Crippen LogP contribution >= 0.6 is 11.6 Å². The molecule has 1 amide bonds. The molecule has 0 atom stereocenters. The number of nitrogens with zero attached hydrogens (tertiary/aromatic N) is 1. The molecule has 1 saturated carbocycles. The molecule has 5 rings (SSSR count). The van der Waals surface area contributed by atoms with Gasteiger partial charge in [-0.05, 0) is 31.0 Å². The molecule has 27 heavy (non-hydrogen) atoms. The van der Waals surface area contributed by atoms with Gasteiger partial charge in [-0.25, -0.2) is 0 Å². The Kier molecular flexibility index (Phi) is 3.62. The third kappa shape index (κ3) is 2.57. The SMILES string of the molecule is Cn1c(C(=O)Nc2ccc3c(c2)OC2(CCCC2)O3)c(Cl)c2ccccc21. The molecule has 0 unspecified atom stereocenters. The average molecular weight is 383 g/mol. The van der Waals surface area contributed by atoms with Crippen molar-refractivity contribution >= 4 is 34.1 Å². The van der Waals surface area contributed by atoms with E-state index in [1.807, 2.05) is 54.1 Å². The zero-order valence-electron chi connectivity index (χ0n) is 14.9. The van der Waals surface area contributed by atoms with Crippen LogP contribution in [0.1, 0.15) is 36.2 Å². The van der Waals surface area contributed by atoms with Gasteiger partial charge in [-0.1, -0.05) is 29.8 Å². The minimum atomic E-state index is -0.510. The number of rotatable bonds is 2. The number of hydrogen-bond acceptors (Lipinski definition) is 3. The lowest BCUT2D eigenvalue weighted by atomic mass is 10.2. The molecule has 0 radical (unpaired) electrons. The number of carbonyl (C=O) groups is 1. The van der Waals surface area contributed by atoms with Crippen molar-refractivity contribution in [3.8, 4) is 11.5 Å². The first-order chi connectivity index (χ1) is 13.1. The maximum Gasteiger partial charge on any atom is 0.273 e. The fourth-order valence-electron chi connectivity index (χ4n) is 4.08. The van der Waals surface area contributed by atoms with E-state index in [1.165, 1.54) is 0 Å². The van der Waals surface area contributed by atoms with Crippen LogP contribution < -0.4 is 14.8 Å². The molecule has 2 heterocycles. The molecule has 1 spiro atoms. The summed E-state index contributed by atoms with van der Waals surface area (Å²) in [6.45, 7) is 0. The first kappa shape index (κ1) is 16.5. The van der Waals surface area contributed by atoms with Gasteiger partial charge in [0.25, 0.3) is 11.7 Å². The largest absolute Gasteiger partial charge is 0.448 e. The number of fused-ring (bicyclic) bond motifs is 2. The van der Waals surface area contributed by atoms with Crippen LogP contribution in [0.4, 0.5) is 5.69 Å². The molecule has 138 valence electrons. The van der Waals surface area contributed by atoms with Gasteiger partial charge in [0.15, 0.2) is 11.5 Å². The van der Waals surface area contributed by atoms with Gasteiger partial charge < -0.3 is 19.4 Å². The molecular formula is C21H19ClN2O3. The first-order valence-corrected chi connectivity index (χ1v) is 9.50. The summed E-state index contributed by atoms with van der Waals surface area (Å²) in [5.41, 5.74) is 2.00. The van der Waals surface area contributed by atoms with Crippen LogP contribution in [0.5, 0.6) is 11.5 Å². The van der Waals surface area contributed by atoms with Gasteiger partial charge in [0, 0.05) is 42.5 Å². The molecule has 0 saturated heterocycles. The number of aryl methyl sites for hydroxylation is 1. The van der Waals surface area contributed by atoms with Crippen molar-refractivity contribution in [1.82, 2.24) is 4.57 Å². The Morgan fingerprint density at radius 3 is 2.63 bits per heavy atom. The van der Waals surface area contributed by atoms with Crippen LogP contribution in [0.3, 0.4) is 0 Å². The van der Waals surface area contributed by atoms with E-state index >= 15 is 0 Å². The van der Waals surface area contributed by atoms with E-state index < -0.39 is 5.79 Å². The molecule has 1 fully saturated rings. The van der Waals surface area contributed by atoms with E-state index in [0.29, 0.717) is 22.2 Å². The number of aromatic nitrogens is 1. The van der Waals surface area contributed by atoms with Crippen LogP contribution in [0.15, 0.2) is 42.5 Å². The topological polar surface area (TPSA) is 52.5 Å². The Bertz CT molecular complexity index is 1030. The van der Waals surface area contributed by atoms with E-state index in [0.717, 1.165) is 42.3 Å². The number of ether oxygens (including phenoxy) is 2. The monoisotopic (exact) mass is 382 g/mol. The Hall–Kier alpha value is -2.66. The van der Waals surface area contributed by atoms with E-state index in [-0.39, 0.29) is 5.91 Å². The smallest absolute Gasteiger partial charge is 0.273 e. The highest BCUT2D eigenvalue weighted by molar-refractivity contribution is 6.39. The predicted molar refractivity (Wildman–Crippen MR) is 105 cm³/mol. The minimum Gasteiger partial charge on any atom is -0.448 e. The van der Waals surface area contributed by atoms with Crippen molar-refractivity contribution in [2.45, 2.75) is 31.5 Å². The van der Waals surface area contributed by atoms with E-state index in [9.17, 15) is 4.79 Å². The lowest BCUT2D eigenvalue weighted by molar-refractivity contribution is -0.0716. The summed E-state index contributed by atoms with van der Waals surface area (Å²) in [5.74, 6) is 0.646. The lowest BCUT2D eigenvalue weighted by Gasteiger charge is -2.21. The maximum absolute atomic E-state index is 12.9. The number of carbonyl (C=O) groups excluding carboxylic acids is 1. The molecule has 5 nitrogen and oxygen atoms in total. The number of benzene rings is 2. The molecule has 2 aliphatic rings. The van der Waals surface area contributed by atoms with E-state index in [1.54, 1.807) is 0 Å². The number of hydrogen-bond donors (Lipinski definition) is 1. The summed E-state index contributed by atoms with van der Waals surface area (Å²) in [7, 11) is 1.84. The molecule has 1 aromatic heterocycles. The number of anilines is 1. The molecule has 2 aromatic carbocycles. The van der Waals surface area contributed by atoms with Gasteiger partial charge >= 0.3 is 0 Å². The van der Waals surface area contributed by atoms with Gasteiger partial charge in [-0.3, -0.25) is 4.79 Å². The summed E-state index contributed by atoms with van der Waals surface area (Å²) in [4.78, 5) is 12.9. The second-order valence-corrected chi connectivity index (χ2v) is 7.55. The van der Waals surface area contributed by atoms with E-state index in [4.69, 9.17) is 21.1 Å². The maximum atomic E-state index is 12.9. The fraction of sp³-hybridized carbons (Fsp3) is 0.286. The molecule has 1 aliphatic carbocycles. The Morgan fingerprint density at radius 2 is 1.85 bits per heavy atom. The van der Waals surface area contributed by atoms with Crippen molar-refractivity contribution in [1.29, 1.82) is 0 Å². The highest BCUT2D eigenvalue weighted by atomic mass is 35.5. The number of nitrogens with one attached hydrogen (secondary N) is 1. The van der Waals surface area contributed by atoms with Gasteiger partial charge in [0.1, 0.15) is 5.69 Å². The molecule has 6 heteroatoms. The molecule has 1 N–H and O–H groups in total. The number of amides is 1. The Morgan fingerprint density at radius 1 is 1.11 bits per heavy atom. The van der Waals surface area contributed by atoms with Crippen LogP contribution in [-0.4, -0.2) is 16.3 Å². The van der Waals surface area contributed by atoms with Gasteiger partial charge in [-0.2, -0.15) is 0 Å². The van der Waals surface area contributed by atoms with Crippen molar-refractivity contribution in [2.24, 2.45) is 7.05 Å². The molecule has 1 aliphatic heterocycles. The lowest BCUT2D eigenvalue weighted by Crippen LogP contribution is -2.34. The van der Waals surface area contributed by atoms with Crippen molar-refractivity contribution in [2.75, 3.05) is 5.32 Å². The van der Waals surface area contributed by atoms with Crippen molar-refractivity contribution in [3.63, 3.8) is 0 Å². The Balaban J connectivity index is 1.43. The second-order valence-electron chi connectivity index (χ2n) is 7.18. The molecule has 3 aromatic rings. The standard InChI is InChI=1S/C21H19ClN2O3/c1-24-15-7-3-2-6-14(15)18(22)19(24)20(25)23-13-8-9-16-17(12-13)27-21(26-16)10-4-5-11-21/h2-3,6-9,12H,4-5,10-11H2,1H3,(H,23,25). The third-order valence-corrected chi connectivity index (χ3v) is 5.80. The summed E-state index contributed by atoms with van der Waals surface area (Å²) < 4.78 is 13.9. The average Bonchev–Trinajstić information content (AvgIpc) is 3.33. The summed E-state index contributed by atoms with van der Waals surface area (Å²) >= 11 is 6.47. The number of para-hydroxylation sites is 1. The van der Waals surface area contributed by atoms with Gasteiger partial charge in [-0.15, -0.1) is 0 Å². The first-order valence-electron chi connectivity index (χ1n) is 9.13. The Labute approximate surface area is 161 Å². The van der Waals surface area contributed by atoms with Crippen molar-refractivity contribution < 1.29 is 14.3 Å². The normalized spacial score (nSPS) is 17.0. The van der Waals surface area contributed by atoms with Crippen LogP contribution in [0.25, 0.3) is 10.9 Å². The highest BCUT2D eigenvalue weighted by Crippen LogP contribution is 2.47. The van der Waals surface area contributed by atoms with Gasteiger partial charge in [0.05, 0.1) is 5.02 Å². The zero-order valence-corrected chi connectivity index (χ0v) is 15.7. The third-order valence-electron chi connectivity index (χ3n) is 5.42. The molecule has 0 bridgehead atoms. The second kappa shape index (κ2) is 5.92. The zero-order chi connectivity index (χ0) is 18.6. The number of halogens is 1. The summed E-state index contributed by atoms with van der Waals surface area (Å²) in [6, 6.07) is 13.2.